The number of amides is 1. The Morgan fingerprint density at radius 3 is 2.53 bits per heavy atom. The van der Waals surface area contributed by atoms with Crippen LogP contribution in [0.2, 0.25) is 0 Å². The summed E-state index contributed by atoms with van der Waals surface area (Å²) >= 11 is 0. The van der Waals surface area contributed by atoms with Gasteiger partial charge in [0.2, 0.25) is 5.91 Å². The number of hydrogen-bond donors (Lipinski definition) is 1. The molecule has 3 aliphatic carbocycles. The molecule has 3 saturated carbocycles. The first-order chi connectivity index (χ1) is 7.95. The summed E-state index contributed by atoms with van der Waals surface area (Å²) in [5, 5.41) is 3.17. The number of nitrogens with zero attached hydrogens (tertiary/aromatic N) is 1. The van der Waals surface area contributed by atoms with Crippen LogP contribution in [0.5, 0.6) is 0 Å². The van der Waals surface area contributed by atoms with Crippen LogP contribution in [0.4, 0.5) is 0 Å². The molecular formula is C14H24N2O. The number of rotatable bonds is 5. The molecule has 3 aliphatic rings. The molecule has 0 aromatic heterocycles. The van der Waals surface area contributed by atoms with Crippen molar-refractivity contribution in [3.8, 4) is 0 Å². The molecular weight excluding hydrogens is 212 g/mol. The van der Waals surface area contributed by atoms with Crippen molar-refractivity contribution in [1.29, 1.82) is 0 Å². The predicted octanol–water partition coefficient (Wildman–Crippen LogP) is 1.65. The largest absolute Gasteiger partial charge is 0.349 e. The summed E-state index contributed by atoms with van der Waals surface area (Å²) in [6.45, 7) is 5.36. The third kappa shape index (κ3) is 2.13. The maximum atomic E-state index is 11.7. The second kappa shape index (κ2) is 4.45. The van der Waals surface area contributed by atoms with Crippen molar-refractivity contribution in [1.82, 2.24) is 10.2 Å². The maximum Gasteiger partial charge on any atom is 0.243 e. The minimum Gasteiger partial charge on any atom is -0.349 e. The van der Waals surface area contributed by atoms with Crippen molar-refractivity contribution in [3.63, 3.8) is 0 Å². The molecule has 1 N–H and O–H groups in total. The van der Waals surface area contributed by atoms with E-state index >= 15 is 0 Å². The fourth-order valence-electron chi connectivity index (χ4n) is 3.22. The normalized spacial score (nSPS) is 34.9. The van der Waals surface area contributed by atoms with Gasteiger partial charge in [0.15, 0.2) is 0 Å². The van der Waals surface area contributed by atoms with Crippen LogP contribution in [0.1, 0.15) is 26.7 Å². The van der Waals surface area contributed by atoms with Crippen molar-refractivity contribution in [2.24, 2.45) is 17.3 Å². The summed E-state index contributed by atoms with van der Waals surface area (Å²) < 4.78 is 0. The van der Waals surface area contributed by atoms with Gasteiger partial charge < -0.3 is 10.2 Å². The second-order valence-corrected chi connectivity index (χ2v) is 6.21. The third-order valence-electron chi connectivity index (χ3n) is 4.56. The number of nitrogens with one attached hydrogen (secondary N) is 1. The van der Waals surface area contributed by atoms with Crippen LogP contribution in [-0.2, 0) is 4.79 Å². The summed E-state index contributed by atoms with van der Waals surface area (Å²) in [7, 11) is 3.99. The van der Waals surface area contributed by atoms with E-state index in [0.717, 1.165) is 12.5 Å². The molecule has 3 fully saturated rings. The number of carbonyl (C=O) groups excluding carboxylic acids is 1. The lowest BCUT2D eigenvalue weighted by Gasteiger charge is -2.70. The molecule has 0 aliphatic heterocycles. The molecule has 3 nitrogen and oxygen atoms in total. The topological polar surface area (TPSA) is 32.3 Å². The average molecular weight is 236 g/mol. The van der Waals surface area contributed by atoms with Crippen molar-refractivity contribution in [2.75, 3.05) is 20.6 Å². The summed E-state index contributed by atoms with van der Waals surface area (Å²) in [5.41, 5.74) is 0.426. The standard InChI is InChI=1S/C14H24N2O/c1-10(2)14-8-11(9-14)13(14)15-12(17)6-5-7-16(3)4/h5-6,10-11,13H,7-9H2,1-4H3,(H,15,17)/b6-5+. The van der Waals surface area contributed by atoms with Crippen LogP contribution < -0.4 is 5.32 Å². The highest BCUT2D eigenvalue weighted by molar-refractivity contribution is 5.88. The molecule has 3 rings (SSSR count). The summed E-state index contributed by atoms with van der Waals surface area (Å²) in [6, 6.07) is 0.444. The Morgan fingerprint density at radius 2 is 2.12 bits per heavy atom. The van der Waals surface area contributed by atoms with Gasteiger partial charge in [0.25, 0.3) is 0 Å². The van der Waals surface area contributed by atoms with Gasteiger partial charge in [0, 0.05) is 18.7 Å². The van der Waals surface area contributed by atoms with Crippen molar-refractivity contribution in [2.45, 2.75) is 32.7 Å². The van der Waals surface area contributed by atoms with Crippen molar-refractivity contribution >= 4 is 5.91 Å². The highest BCUT2D eigenvalue weighted by Gasteiger charge is 2.66. The fraction of sp³-hybridized carbons (Fsp3) is 0.786. The zero-order chi connectivity index (χ0) is 12.6. The molecule has 1 atom stereocenters. The molecule has 0 saturated heterocycles. The van der Waals surface area contributed by atoms with Crippen LogP contribution in [0.3, 0.4) is 0 Å². The van der Waals surface area contributed by atoms with E-state index in [4.69, 9.17) is 0 Å². The zero-order valence-corrected chi connectivity index (χ0v) is 11.4. The van der Waals surface area contributed by atoms with E-state index in [0.29, 0.717) is 17.4 Å². The van der Waals surface area contributed by atoms with Crippen LogP contribution in [-0.4, -0.2) is 37.5 Å². The Labute approximate surface area is 104 Å². The molecule has 0 spiro atoms. The van der Waals surface area contributed by atoms with Gasteiger partial charge in [-0.1, -0.05) is 19.9 Å². The van der Waals surface area contributed by atoms with E-state index in [1.807, 2.05) is 25.1 Å². The molecule has 0 radical (unpaired) electrons. The lowest BCUT2D eigenvalue weighted by molar-refractivity contribution is -0.185. The van der Waals surface area contributed by atoms with E-state index in [9.17, 15) is 4.79 Å². The molecule has 1 unspecified atom stereocenters. The first kappa shape index (κ1) is 12.6. The molecule has 0 aromatic rings. The SMILES string of the molecule is CC(C)C12CC(C1)C2NC(=O)/C=C/CN(C)C. The lowest BCUT2D eigenvalue weighted by atomic mass is 9.37. The molecule has 2 bridgehead atoms. The molecule has 3 heteroatoms. The first-order valence-corrected chi connectivity index (χ1v) is 6.57. The van der Waals surface area contributed by atoms with Gasteiger partial charge in [0.1, 0.15) is 0 Å². The van der Waals surface area contributed by atoms with Gasteiger partial charge in [-0.15, -0.1) is 0 Å². The van der Waals surface area contributed by atoms with Gasteiger partial charge in [-0.25, -0.2) is 0 Å². The zero-order valence-electron chi connectivity index (χ0n) is 11.4. The highest BCUT2D eigenvalue weighted by Crippen LogP contribution is 2.67. The van der Waals surface area contributed by atoms with Crippen LogP contribution >= 0.6 is 0 Å². The first-order valence-electron chi connectivity index (χ1n) is 6.57. The number of likely N-dealkylation sites (N-methyl/N-ethyl adjacent to an activating group) is 1. The van der Waals surface area contributed by atoms with E-state index in [2.05, 4.69) is 19.2 Å². The Bertz CT molecular complexity index is 327. The van der Waals surface area contributed by atoms with Gasteiger partial charge in [0.05, 0.1) is 0 Å². The summed E-state index contributed by atoms with van der Waals surface area (Å²) in [6.07, 6.45) is 6.22. The molecule has 96 valence electrons. The van der Waals surface area contributed by atoms with Crippen LogP contribution in [0.25, 0.3) is 0 Å². The summed E-state index contributed by atoms with van der Waals surface area (Å²) in [5.74, 6) is 1.51. The predicted molar refractivity (Wildman–Crippen MR) is 69.6 cm³/mol. The van der Waals surface area contributed by atoms with E-state index in [1.165, 1.54) is 12.8 Å². The minimum absolute atomic E-state index is 0.0753. The van der Waals surface area contributed by atoms with Gasteiger partial charge >= 0.3 is 0 Å². The fourth-order valence-corrected chi connectivity index (χ4v) is 3.22. The molecule has 17 heavy (non-hydrogen) atoms. The van der Waals surface area contributed by atoms with Crippen molar-refractivity contribution < 1.29 is 4.79 Å². The van der Waals surface area contributed by atoms with E-state index < -0.39 is 0 Å². The lowest BCUT2D eigenvalue weighted by Crippen LogP contribution is -2.73. The smallest absolute Gasteiger partial charge is 0.243 e. The number of carbonyl (C=O) groups is 1. The number of hydrogen-bond acceptors (Lipinski definition) is 2. The monoisotopic (exact) mass is 236 g/mol. The van der Waals surface area contributed by atoms with Crippen LogP contribution in [0.15, 0.2) is 12.2 Å². The third-order valence-corrected chi connectivity index (χ3v) is 4.56. The quantitative estimate of drug-likeness (QED) is 0.736. The van der Waals surface area contributed by atoms with Gasteiger partial charge in [-0.05, 0) is 44.2 Å². The Kier molecular flexibility index (Phi) is 3.30. The van der Waals surface area contributed by atoms with Crippen molar-refractivity contribution in [3.05, 3.63) is 12.2 Å². The summed E-state index contributed by atoms with van der Waals surface area (Å²) in [4.78, 5) is 13.8. The Balaban J connectivity index is 1.79. The van der Waals surface area contributed by atoms with Crippen LogP contribution in [0, 0.1) is 17.3 Å². The average Bonchev–Trinajstić information content (AvgIpc) is 2.10. The van der Waals surface area contributed by atoms with E-state index in [1.54, 1.807) is 6.08 Å². The molecule has 0 aromatic carbocycles. The Morgan fingerprint density at radius 1 is 1.47 bits per heavy atom. The van der Waals surface area contributed by atoms with E-state index in [-0.39, 0.29) is 5.91 Å². The van der Waals surface area contributed by atoms with Gasteiger partial charge in [-0.3, -0.25) is 4.79 Å². The molecule has 1 amide bonds. The Hall–Kier alpha value is -0.830. The second-order valence-electron chi connectivity index (χ2n) is 6.21. The minimum atomic E-state index is 0.0753. The molecule has 0 heterocycles. The highest BCUT2D eigenvalue weighted by atomic mass is 16.1. The maximum absolute atomic E-state index is 11.7. The van der Waals surface area contributed by atoms with Gasteiger partial charge in [-0.2, -0.15) is 0 Å².